The number of nitrogens with one attached hydrogen (secondary N) is 2. The van der Waals surface area contributed by atoms with Crippen LogP contribution in [0.3, 0.4) is 0 Å². The first-order valence-corrected chi connectivity index (χ1v) is 6.53. The second-order valence-electron chi connectivity index (χ2n) is 4.78. The predicted octanol–water partition coefficient (Wildman–Crippen LogP) is 0.171. The van der Waals surface area contributed by atoms with Gasteiger partial charge in [0.2, 0.25) is 0 Å². The first kappa shape index (κ1) is 16.2. The molecule has 20 heavy (non-hydrogen) atoms. The van der Waals surface area contributed by atoms with Crippen molar-refractivity contribution in [1.29, 1.82) is 0 Å². The van der Waals surface area contributed by atoms with Gasteiger partial charge in [-0.15, -0.1) is 0 Å². The molecule has 8 nitrogen and oxygen atoms in total. The number of ether oxygens (including phenoxy) is 1. The smallest absolute Gasteiger partial charge is 0.326 e. The van der Waals surface area contributed by atoms with Crippen LogP contribution < -0.4 is 10.6 Å². The number of carbonyl (C=O) groups is 3. The third-order valence-electron chi connectivity index (χ3n) is 3.13. The Morgan fingerprint density at radius 3 is 2.50 bits per heavy atom. The summed E-state index contributed by atoms with van der Waals surface area (Å²) in [4.78, 5) is 33.0. The molecule has 0 radical (unpaired) electrons. The van der Waals surface area contributed by atoms with Crippen molar-refractivity contribution in [1.82, 2.24) is 10.6 Å². The maximum atomic E-state index is 11.7. The van der Waals surface area contributed by atoms with Gasteiger partial charge in [0, 0.05) is 13.0 Å². The zero-order valence-corrected chi connectivity index (χ0v) is 11.3. The lowest BCUT2D eigenvalue weighted by atomic mass is 10.1. The Morgan fingerprint density at radius 1 is 1.30 bits per heavy atom. The van der Waals surface area contributed by atoms with Crippen molar-refractivity contribution < 1.29 is 29.3 Å². The topological polar surface area (TPSA) is 125 Å². The second-order valence-corrected chi connectivity index (χ2v) is 4.78. The highest BCUT2D eigenvalue weighted by Gasteiger charge is 2.26. The molecular weight excluding hydrogens is 268 g/mol. The van der Waals surface area contributed by atoms with Crippen LogP contribution in [-0.4, -0.2) is 53.0 Å². The molecule has 0 spiro atoms. The Hall–Kier alpha value is -1.83. The zero-order valence-electron chi connectivity index (χ0n) is 11.3. The minimum absolute atomic E-state index is 0.0666. The van der Waals surface area contributed by atoms with Crippen molar-refractivity contribution >= 4 is 18.0 Å². The van der Waals surface area contributed by atoms with Gasteiger partial charge in [0.25, 0.3) is 0 Å². The lowest BCUT2D eigenvalue weighted by Gasteiger charge is -2.21. The van der Waals surface area contributed by atoms with Gasteiger partial charge in [0.05, 0.1) is 12.1 Å². The highest BCUT2D eigenvalue weighted by atomic mass is 16.5. The van der Waals surface area contributed by atoms with E-state index in [1.807, 2.05) is 0 Å². The van der Waals surface area contributed by atoms with Crippen molar-refractivity contribution in [3.63, 3.8) is 0 Å². The maximum absolute atomic E-state index is 11.7. The van der Waals surface area contributed by atoms with Gasteiger partial charge in [-0.3, -0.25) is 4.79 Å². The minimum Gasteiger partial charge on any atom is -0.481 e. The first-order chi connectivity index (χ1) is 9.40. The van der Waals surface area contributed by atoms with Crippen molar-refractivity contribution in [2.24, 2.45) is 0 Å². The molecule has 8 heteroatoms. The molecule has 0 aromatic heterocycles. The van der Waals surface area contributed by atoms with Crippen molar-refractivity contribution in [2.45, 2.75) is 50.8 Å². The predicted molar refractivity (Wildman–Crippen MR) is 68.4 cm³/mol. The zero-order chi connectivity index (χ0) is 15.1. The average Bonchev–Trinajstić information content (AvgIpc) is 2.87. The monoisotopic (exact) mass is 288 g/mol. The quantitative estimate of drug-likeness (QED) is 0.529. The summed E-state index contributed by atoms with van der Waals surface area (Å²) in [6, 6.07) is -2.08. The SMILES string of the molecule is CC(NC(=O)N[C@@H](CCC(=O)O)C(=O)O)C1CCCO1. The molecule has 0 bridgehead atoms. The van der Waals surface area contributed by atoms with E-state index < -0.39 is 24.0 Å². The van der Waals surface area contributed by atoms with Gasteiger partial charge in [-0.2, -0.15) is 0 Å². The van der Waals surface area contributed by atoms with Crippen LogP contribution in [0, 0.1) is 0 Å². The molecule has 1 aliphatic heterocycles. The van der Waals surface area contributed by atoms with E-state index in [1.54, 1.807) is 6.92 Å². The van der Waals surface area contributed by atoms with Gasteiger partial charge in [-0.1, -0.05) is 0 Å². The Bertz CT molecular complexity index is 367. The average molecular weight is 288 g/mol. The van der Waals surface area contributed by atoms with E-state index in [0.717, 1.165) is 12.8 Å². The lowest BCUT2D eigenvalue weighted by Crippen LogP contribution is -2.51. The van der Waals surface area contributed by atoms with E-state index in [1.165, 1.54) is 0 Å². The normalized spacial score (nSPS) is 20.9. The molecular formula is C12H20N2O6. The summed E-state index contributed by atoms with van der Waals surface area (Å²) in [6.45, 7) is 2.44. The molecule has 0 saturated carbocycles. The maximum Gasteiger partial charge on any atom is 0.326 e. The Kier molecular flexibility index (Phi) is 6.23. The number of carboxylic acid groups (broad SMARTS) is 2. The van der Waals surface area contributed by atoms with Crippen molar-refractivity contribution in [3.05, 3.63) is 0 Å². The highest BCUT2D eigenvalue weighted by Crippen LogP contribution is 2.15. The van der Waals surface area contributed by atoms with Crippen molar-refractivity contribution in [2.75, 3.05) is 6.61 Å². The summed E-state index contributed by atoms with van der Waals surface area (Å²) >= 11 is 0. The second kappa shape index (κ2) is 7.68. The fourth-order valence-corrected chi connectivity index (χ4v) is 2.02. The van der Waals surface area contributed by atoms with E-state index in [0.29, 0.717) is 6.61 Å². The van der Waals surface area contributed by atoms with Crippen LogP contribution >= 0.6 is 0 Å². The molecule has 1 fully saturated rings. The van der Waals surface area contributed by atoms with Gasteiger partial charge < -0.3 is 25.6 Å². The summed E-state index contributed by atoms with van der Waals surface area (Å²) in [5.41, 5.74) is 0. The van der Waals surface area contributed by atoms with Crippen LogP contribution in [0.25, 0.3) is 0 Å². The summed E-state index contributed by atoms with van der Waals surface area (Å²) in [5.74, 6) is -2.36. The number of hydrogen-bond donors (Lipinski definition) is 4. The number of hydrogen-bond acceptors (Lipinski definition) is 4. The van der Waals surface area contributed by atoms with E-state index in [-0.39, 0.29) is 25.0 Å². The number of amides is 2. The number of urea groups is 1. The molecule has 1 heterocycles. The molecule has 2 unspecified atom stereocenters. The number of rotatable bonds is 7. The fraction of sp³-hybridized carbons (Fsp3) is 0.750. The van der Waals surface area contributed by atoms with Gasteiger partial charge in [0.1, 0.15) is 6.04 Å². The molecule has 1 saturated heterocycles. The third kappa shape index (κ3) is 5.43. The summed E-state index contributed by atoms with van der Waals surface area (Å²) < 4.78 is 5.41. The van der Waals surface area contributed by atoms with E-state index >= 15 is 0 Å². The molecule has 1 rings (SSSR count). The van der Waals surface area contributed by atoms with E-state index in [2.05, 4.69) is 10.6 Å². The van der Waals surface area contributed by atoms with Crippen molar-refractivity contribution in [3.8, 4) is 0 Å². The number of carboxylic acids is 2. The molecule has 3 atom stereocenters. The van der Waals surface area contributed by atoms with Gasteiger partial charge in [0.15, 0.2) is 0 Å². The molecule has 0 aromatic rings. The van der Waals surface area contributed by atoms with E-state index in [4.69, 9.17) is 14.9 Å². The highest BCUT2D eigenvalue weighted by molar-refractivity contribution is 5.83. The number of carbonyl (C=O) groups excluding carboxylic acids is 1. The summed E-state index contributed by atoms with van der Waals surface area (Å²) in [6.07, 6.45) is 1.24. The van der Waals surface area contributed by atoms with Crippen LogP contribution in [0.2, 0.25) is 0 Å². The Morgan fingerprint density at radius 2 is 2.00 bits per heavy atom. The Labute approximate surface area is 116 Å². The van der Waals surface area contributed by atoms with Crippen LogP contribution in [0.4, 0.5) is 4.79 Å². The fourth-order valence-electron chi connectivity index (χ4n) is 2.02. The molecule has 0 aliphatic carbocycles. The molecule has 0 aromatic carbocycles. The third-order valence-corrected chi connectivity index (χ3v) is 3.13. The molecule has 1 aliphatic rings. The van der Waals surface area contributed by atoms with Crippen LogP contribution in [0.5, 0.6) is 0 Å². The van der Waals surface area contributed by atoms with E-state index in [9.17, 15) is 14.4 Å². The lowest BCUT2D eigenvalue weighted by molar-refractivity contribution is -0.140. The molecule has 2 amide bonds. The van der Waals surface area contributed by atoms with Gasteiger partial charge >= 0.3 is 18.0 Å². The minimum atomic E-state index is -1.26. The Balaban J connectivity index is 2.40. The largest absolute Gasteiger partial charge is 0.481 e. The van der Waals surface area contributed by atoms with Crippen LogP contribution in [-0.2, 0) is 14.3 Å². The van der Waals surface area contributed by atoms with Crippen LogP contribution in [0.1, 0.15) is 32.6 Å². The molecule has 4 N–H and O–H groups in total. The number of aliphatic carboxylic acids is 2. The van der Waals surface area contributed by atoms with Gasteiger partial charge in [-0.05, 0) is 26.2 Å². The summed E-state index contributed by atoms with van der Waals surface area (Å²) in [7, 11) is 0. The van der Waals surface area contributed by atoms with Crippen LogP contribution in [0.15, 0.2) is 0 Å². The standard InChI is InChI=1S/C12H20N2O6/c1-7(9-3-2-6-20-9)13-12(19)14-8(11(17)18)4-5-10(15)16/h7-9H,2-6H2,1H3,(H,15,16)(H,17,18)(H2,13,14,19)/t7?,8-,9?/m0/s1. The summed E-state index contributed by atoms with van der Waals surface area (Å²) in [5, 5.41) is 22.3. The molecule has 114 valence electrons. The first-order valence-electron chi connectivity index (χ1n) is 6.53. The van der Waals surface area contributed by atoms with Gasteiger partial charge in [-0.25, -0.2) is 9.59 Å².